The predicted octanol–water partition coefficient (Wildman–Crippen LogP) is 2.40. The van der Waals surface area contributed by atoms with E-state index in [1.807, 2.05) is 6.92 Å². The van der Waals surface area contributed by atoms with Crippen LogP contribution in [0.4, 0.5) is 0 Å². The zero-order chi connectivity index (χ0) is 17.3. The molecule has 1 aromatic heterocycles. The van der Waals surface area contributed by atoms with Gasteiger partial charge in [-0.15, -0.1) is 0 Å². The largest absolute Gasteiger partial charge is 0.449 e. The van der Waals surface area contributed by atoms with Gasteiger partial charge in [0.1, 0.15) is 12.0 Å². The maximum Gasteiger partial charge on any atom is 0.243 e. The van der Waals surface area contributed by atoms with E-state index in [9.17, 15) is 8.42 Å². The van der Waals surface area contributed by atoms with Gasteiger partial charge < -0.3 is 10.2 Å². The van der Waals surface area contributed by atoms with Crippen LogP contribution in [0.5, 0.6) is 0 Å². The molecular formula is C17H23N3O3S. The molecule has 0 amide bonds. The number of sulfonamides is 1. The van der Waals surface area contributed by atoms with Crippen molar-refractivity contribution in [3.8, 4) is 11.3 Å². The van der Waals surface area contributed by atoms with Gasteiger partial charge in [0, 0.05) is 31.6 Å². The maximum atomic E-state index is 12.9. The molecule has 7 heteroatoms. The monoisotopic (exact) mass is 349 g/mol. The van der Waals surface area contributed by atoms with E-state index in [4.69, 9.17) is 10.2 Å². The van der Waals surface area contributed by atoms with Crippen molar-refractivity contribution in [1.29, 1.82) is 0 Å². The molecule has 1 fully saturated rings. The maximum absolute atomic E-state index is 12.9. The number of benzene rings is 1. The summed E-state index contributed by atoms with van der Waals surface area (Å²) in [6, 6.07) is 6.78. The van der Waals surface area contributed by atoms with E-state index in [0.717, 1.165) is 18.4 Å². The van der Waals surface area contributed by atoms with Gasteiger partial charge in [0.15, 0.2) is 5.89 Å². The second-order valence-electron chi connectivity index (χ2n) is 6.40. The number of oxazole rings is 1. The second kappa shape index (κ2) is 6.66. The topological polar surface area (TPSA) is 89.4 Å². The molecule has 2 heterocycles. The van der Waals surface area contributed by atoms with Crippen LogP contribution in [0, 0.1) is 12.8 Å². The number of hydrogen-bond donors (Lipinski definition) is 1. The molecule has 0 saturated carbocycles. The van der Waals surface area contributed by atoms with Crippen LogP contribution in [0.3, 0.4) is 0 Å². The molecule has 1 aromatic carbocycles. The van der Waals surface area contributed by atoms with Gasteiger partial charge in [-0.25, -0.2) is 13.4 Å². The minimum absolute atomic E-state index is 0.000723. The Bertz CT molecular complexity index is 797. The van der Waals surface area contributed by atoms with E-state index in [-0.39, 0.29) is 12.0 Å². The van der Waals surface area contributed by atoms with E-state index >= 15 is 0 Å². The number of aryl methyl sites for hydroxylation is 1. The first-order valence-electron chi connectivity index (χ1n) is 8.16. The normalized spacial score (nSPS) is 20.9. The lowest BCUT2D eigenvalue weighted by molar-refractivity contribution is 0.243. The van der Waals surface area contributed by atoms with Gasteiger partial charge >= 0.3 is 0 Å². The van der Waals surface area contributed by atoms with E-state index in [2.05, 4.69) is 4.98 Å². The molecular weight excluding hydrogens is 326 g/mol. The van der Waals surface area contributed by atoms with Crippen LogP contribution in [-0.2, 0) is 10.0 Å². The first kappa shape index (κ1) is 17.1. The highest BCUT2D eigenvalue weighted by Crippen LogP contribution is 2.27. The Morgan fingerprint density at radius 1 is 1.33 bits per heavy atom. The number of nitrogens with two attached hydrogens (primary N) is 1. The summed E-state index contributed by atoms with van der Waals surface area (Å²) >= 11 is 0. The van der Waals surface area contributed by atoms with Crippen LogP contribution in [0.1, 0.15) is 25.7 Å². The fourth-order valence-electron chi connectivity index (χ4n) is 3.06. The first-order chi connectivity index (χ1) is 11.4. The van der Waals surface area contributed by atoms with Crippen molar-refractivity contribution in [3.63, 3.8) is 0 Å². The standard InChI is InChI=1S/C17H23N3O3S/c1-12(18)15-4-3-9-20(10-15)24(21,22)16-7-5-14(6-8-16)17-11-23-13(2)19-17/h5-8,11-12,15H,3-4,9-10,18H2,1-2H3. The van der Waals surface area contributed by atoms with E-state index in [1.54, 1.807) is 41.8 Å². The fourth-order valence-corrected chi connectivity index (χ4v) is 4.60. The highest BCUT2D eigenvalue weighted by Gasteiger charge is 2.31. The number of rotatable bonds is 4. The van der Waals surface area contributed by atoms with E-state index < -0.39 is 10.0 Å². The summed E-state index contributed by atoms with van der Waals surface area (Å²) in [5.41, 5.74) is 7.49. The van der Waals surface area contributed by atoms with Gasteiger partial charge in [-0.3, -0.25) is 0 Å². The average Bonchev–Trinajstić information content (AvgIpc) is 3.01. The Kier molecular flexibility index (Phi) is 4.76. The summed E-state index contributed by atoms with van der Waals surface area (Å²) in [5.74, 6) is 0.794. The molecule has 2 atom stereocenters. The minimum atomic E-state index is -3.49. The molecule has 1 aliphatic rings. The smallest absolute Gasteiger partial charge is 0.243 e. The highest BCUT2D eigenvalue weighted by atomic mass is 32.2. The van der Waals surface area contributed by atoms with Gasteiger partial charge in [-0.1, -0.05) is 12.1 Å². The summed E-state index contributed by atoms with van der Waals surface area (Å²) in [5, 5.41) is 0. The lowest BCUT2D eigenvalue weighted by Gasteiger charge is -2.33. The van der Waals surface area contributed by atoms with Crippen molar-refractivity contribution >= 4 is 10.0 Å². The van der Waals surface area contributed by atoms with E-state index in [1.165, 1.54) is 0 Å². The van der Waals surface area contributed by atoms with Crippen molar-refractivity contribution < 1.29 is 12.8 Å². The molecule has 6 nitrogen and oxygen atoms in total. The molecule has 1 aliphatic heterocycles. The Morgan fingerprint density at radius 3 is 2.62 bits per heavy atom. The zero-order valence-corrected chi connectivity index (χ0v) is 14.8. The van der Waals surface area contributed by atoms with Gasteiger partial charge in [0.05, 0.1) is 4.90 Å². The van der Waals surface area contributed by atoms with Gasteiger partial charge in [-0.2, -0.15) is 4.31 Å². The number of piperidine rings is 1. The molecule has 0 spiro atoms. The SMILES string of the molecule is Cc1nc(-c2ccc(S(=O)(=O)N3CCCC(C(C)N)C3)cc2)co1. The molecule has 0 radical (unpaired) electrons. The van der Waals surface area contributed by atoms with Crippen LogP contribution in [0.25, 0.3) is 11.3 Å². The summed E-state index contributed by atoms with van der Waals surface area (Å²) in [7, 11) is -3.49. The number of nitrogens with zero attached hydrogens (tertiary/aromatic N) is 2. The van der Waals surface area contributed by atoms with Crippen molar-refractivity contribution in [1.82, 2.24) is 9.29 Å². The van der Waals surface area contributed by atoms with Crippen molar-refractivity contribution in [3.05, 3.63) is 36.4 Å². The molecule has 0 bridgehead atoms. The van der Waals surface area contributed by atoms with E-state index in [0.29, 0.717) is 29.6 Å². The lowest BCUT2D eigenvalue weighted by Crippen LogP contribution is -2.44. The van der Waals surface area contributed by atoms with Gasteiger partial charge in [0.25, 0.3) is 0 Å². The van der Waals surface area contributed by atoms with Gasteiger partial charge in [-0.05, 0) is 37.8 Å². The predicted molar refractivity (Wildman–Crippen MR) is 91.8 cm³/mol. The summed E-state index contributed by atoms with van der Waals surface area (Å²) in [4.78, 5) is 4.55. The number of aromatic nitrogens is 1. The minimum Gasteiger partial charge on any atom is -0.449 e. The lowest BCUT2D eigenvalue weighted by atomic mass is 9.93. The number of hydrogen-bond acceptors (Lipinski definition) is 5. The quantitative estimate of drug-likeness (QED) is 0.915. The average molecular weight is 349 g/mol. The fraction of sp³-hybridized carbons (Fsp3) is 0.471. The molecule has 2 aromatic rings. The first-order valence-corrected chi connectivity index (χ1v) is 9.60. The van der Waals surface area contributed by atoms with Crippen LogP contribution in [0.2, 0.25) is 0 Å². The highest BCUT2D eigenvalue weighted by molar-refractivity contribution is 7.89. The third-order valence-corrected chi connectivity index (χ3v) is 6.45. The Balaban J connectivity index is 1.82. The third kappa shape index (κ3) is 3.38. The third-order valence-electron chi connectivity index (χ3n) is 4.57. The Morgan fingerprint density at radius 2 is 2.04 bits per heavy atom. The molecule has 0 aliphatic carbocycles. The van der Waals surface area contributed by atoms with Crippen LogP contribution >= 0.6 is 0 Å². The van der Waals surface area contributed by atoms with Crippen LogP contribution in [-0.4, -0.2) is 36.8 Å². The van der Waals surface area contributed by atoms with Crippen LogP contribution in [0.15, 0.2) is 39.8 Å². The molecule has 130 valence electrons. The molecule has 1 saturated heterocycles. The summed E-state index contributed by atoms with van der Waals surface area (Å²) in [6.45, 7) is 4.75. The Hall–Kier alpha value is -1.70. The van der Waals surface area contributed by atoms with Gasteiger partial charge in [0.2, 0.25) is 10.0 Å². The Labute approximate surface area is 142 Å². The summed E-state index contributed by atoms with van der Waals surface area (Å²) < 4.78 is 32.5. The zero-order valence-electron chi connectivity index (χ0n) is 14.0. The van der Waals surface area contributed by atoms with Crippen LogP contribution < -0.4 is 5.73 Å². The second-order valence-corrected chi connectivity index (χ2v) is 8.34. The molecule has 2 unspecified atom stereocenters. The van der Waals surface area contributed by atoms with Crippen molar-refractivity contribution in [2.45, 2.75) is 37.6 Å². The molecule has 3 rings (SSSR count). The van der Waals surface area contributed by atoms with Crippen molar-refractivity contribution in [2.24, 2.45) is 11.7 Å². The molecule has 2 N–H and O–H groups in total. The summed E-state index contributed by atoms with van der Waals surface area (Å²) in [6.07, 6.45) is 3.40. The molecule has 24 heavy (non-hydrogen) atoms. The van der Waals surface area contributed by atoms with Crippen molar-refractivity contribution in [2.75, 3.05) is 13.1 Å².